The highest BCUT2D eigenvalue weighted by Gasteiger charge is 2.06. The Balaban J connectivity index is 2.66. The van der Waals surface area contributed by atoms with Crippen molar-refractivity contribution < 1.29 is 4.74 Å². The summed E-state index contributed by atoms with van der Waals surface area (Å²) < 4.78 is 5.27. The van der Waals surface area contributed by atoms with Crippen LogP contribution in [0.4, 0.5) is 11.6 Å². The van der Waals surface area contributed by atoms with Gasteiger partial charge in [-0.15, -0.1) is 0 Å². The van der Waals surface area contributed by atoms with Crippen molar-refractivity contribution in [3.63, 3.8) is 0 Å². The van der Waals surface area contributed by atoms with Crippen molar-refractivity contribution in [1.82, 2.24) is 9.97 Å². The first kappa shape index (κ1) is 13.7. The highest BCUT2D eigenvalue weighted by Crippen LogP contribution is 2.16. The lowest BCUT2D eigenvalue weighted by Gasteiger charge is -2.11. The molecule has 0 bridgehead atoms. The third kappa shape index (κ3) is 4.56. The highest BCUT2D eigenvalue weighted by molar-refractivity contribution is 5.47. The zero-order chi connectivity index (χ0) is 12.7. The molecule has 0 saturated carbocycles. The second kappa shape index (κ2) is 7.06. The molecule has 0 unspecified atom stereocenters. The Morgan fingerprint density at radius 3 is 2.59 bits per heavy atom. The second-order valence-electron chi connectivity index (χ2n) is 4.03. The van der Waals surface area contributed by atoms with E-state index < -0.39 is 0 Å². The zero-order valence-corrected chi connectivity index (χ0v) is 11.1. The molecule has 2 N–H and O–H groups in total. The maximum absolute atomic E-state index is 5.27. The lowest BCUT2D eigenvalue weighted by atomic mass is 10.2. The number of hydrogen-bond donors (Lipinski definition) is 2. The summed E-state index contributed by atoms with van der Waals surface area (Å²) in [5.74, 6) is 2.84. The topological polar surface area (TPSA) is 59.1 Å². The second-order valence-corrected chi connectivity index (χ2v) is 4.03. The van der Waals surface area contributed by atoms with Crippen LogP contribution in [-0.4, -0.2) is 36.8 Å². The zero-order valence-electron chi connectivity index (χ0n) is 11.1. The van der Waals surface area contributed by atoms with E-state index in [2.05, 4.69) is 34.4 Å². The molecule has 1 rings (SSSR count). The van der Waals surface area contributed by atoms with Gasteiger partial charge in [0.05, 0.1) is 6.61 Å². The highest BCUT2D eigenvalue weighted by atomic mass is 16.5. The maximum atomic E-state index is 5.27. The molecule has 0 aliphatic heterocycles. The predicted octanol–water partition coefficient (Wildman–Crippen LogP) is 2.09. The van der Waals surface area contributed by atoms with Gasteiger partial charge in [0.2, 0.25) is 0 Å². The van der Waals surface area contributed by atoms with Crippen molar-refractivity contribution in [1.29, 1.82) is 0 Å². The van der Waals surface area contributed by atoms with Gasteiger partial charge in [-0.2, -0.15) is 0 Å². The summed E-state index contributed by atoms with van der Waals surface area (Å²) in [7, 11) is 1.86. The monoisotopic (exact) mass is 238 g/mol. The Bertz CT molecular complexity index is 341. The smallest absolute Gasteiger partial charge is 0.135 e. The van der Waals surface area contributed by atoms with Gasteiger partial charge in [-0.25, -0.2) is 9.97 Å². The molecule has 17 heavy (non-hydrogen) atoms. The van der Waals surface area contributed by atoms with E-state index >= 15 is 0 Å². The van der Waals surface area contributed by atoms with Gasteiger partial charge in [-0.3, -0.25) is 0 Å². The van der Waals surface area contributed by atoms with Crippen LogP contribution in [0.5, 0.6) is 0 Å². The van der Waals surface area contributed by atoms with Gasteiger partial charge in [0.15, 0.2) is 0 Å². The van der Waals surface area contributed by atoms with E-state index in [0.29, 0.717) is 12.5 Å². The lowest BCUT2D eigenvalue weighted by Crippen LogP contribution is -2.12. The Hall–Kier alpha value is -1.36. The molecule has 0 aliphatic rings. The molecule has 0 aromatic carbocycles. The van der Waals surface area contributed by atoms with E-state index in [1.165, 1.54) is 0 Å². The van der Waals surface area contributed by atoms with Crippen molar-refractivity contribution >= 4 is 11.6 Å². The molecule has 0 spiro atoms. The first-order valence-electron chi connectivity index (χ1n) is 6.05. The molecule has 1 heterocycles. The Kier molecular flexibility index (Phi) is 5.69. The molecule has 0 atom stereocenters. The summed E-state index contributed by atoms with van der Waals surface area (Å²) in [5.41, 5.74) is 0. The van der Waals surface area contributed by atoms with Crippen molar-refractivity contribution in [2.75, 3.05) is 37.4 Å². The van der Waals surface area contributed by atoms with Crippen LogP contribution in [0.2, 0.25) is 0 Å². The van der Waals surface area contributed by atoms with Gasteiger partial charge < -0.3 is 15.4 Å². The fourth-order valence-corrected chi connectivity index (χ4v) is 1.34. The van der Waals surface area contributed by atoms with E-state index in [4.69, 9.17) is 4.74 Å². The van der Waals surface area contributed by atoms with Crippen LogP contribution in [0.1, 0.15) is 32.5 Å². The predicted molar refractivity (Wildman–Crippen MR) is 70.7 cm³/mol. The Labute approximate surface area is 103 Å². The van der Waals surface area contributed by atoms with Crippen LogP contribution in [0.25, 0.3) is 0 Å². The molecule has 5 heteroatoms. The largest absolute Gasteiger partial charge is 0.380 e. The maximum Gasteiger partial charge on any atom is 0.135 e. The number of aromatic nitrogens is 2. The van der Waals surface area contributed by atoms with Crippen molar-refractivity contribution in [3.05, 3.63) is 11.9 Å². The first-order valence-corrected chi connectivity index (χ1v) is 6.05. The first-order chi connectivity index (χ1) is 8.17. The summed E-state index contributed by atoms with van der Waals surface area (Å²) in [4.78, 5) is 8.86. The van der Waals surface area contributed by atoms with Crippen LogP contribution < -0.4 is 10.6 Å². The van der Waals surface area contributed by atoms with Crippen LogP contribution in [0.15, 0.2) is 6.07 Å². The average molecular weight is 238 g/mol. The van der Waals surface area contributed by atoms with E-state index in [9.17, 15) is 0 Å². The van der Waals surface area contributed by atoms with E-state index in [0.717, 1.165) is 30.6 Å². The SMILES string of the molecule is CCOCCNc1cc(NC)nc(C(C)C)n1. The van der Waals surface area contributed by atoms with Gasteiger partial charge in [-0.05, 0) is 6.92 Å². The number of nitrogens with zero attached hydrogens (tertiary/aromatic N) is 2. The van der Waals surface area contributed by atoms with Crippen molar-refractivity contribution in [3.8, 4) is 0 Å². The minimum atomic E-state index is 0.316. The molecule has 96 valence electrons. The molecular formula is C12H22N4O. The summed E-state index contributed by atoms with van der Waals surface area (Å²) in [6.07, 6.45) is 0. The van der Waals surface area contributed by atoms with Gasteiger partial charge in [0.25, 0.3) is 0 Å². The quantitative estimate of drug-likeness (QED) is 0.712. The Morgan fingerprint density at radius 2 is 2.00 bits per heavy atom. The molecule has 0 aliphatic carbocycles. The fourth-order valence-electron chi connectivity index (χ4n) is 1.34. The molecule has 1 aromatic rings. The van der Waals surface area contributed by atoms with Gasteiger partial charge in [-0.1, -0.05) is 13.8 Å². The van der Waals surface area contributed by atoms with Crippen molar-refractivity contribution in [2.45, 2.75) is 26.7 Å². The molecule has 0 fully saturated rings. The number of nitrogens with one attached hydrogen (secondary N) is 2. The summed E-state index contributed by atoms with van der Waals surface area (Å²) in [6, 6.07) is 1.90. The number of rotatable bonds is 7. The number of anilines is 2. The molecular weight excluding hydrogens is 216 g/mol. The standard InChI is InChI=1S/C12H22N4O/c1-5-17-7-6-14-11-8-10(13-4)15-12(16-11)9(2)3/h8-9H,5-7H2,1-4H3,(H2,13,14,15,16). The summed E-state index contributed by atoms with van der Waals surface area (Å²) in [5, 5.41) is 6.28. The average Bonchev–Trinajstić information content (AvgIpc) is 2.34. The van der Waals surface area contributed by atoms with Gasteiger partial charge in [0, 0.05) is 32.2 Å². The molecule has 0 amide bonds. The minimum Gasteiger partial charge on any atom is -0.380 e. The normalized spacial score (nSPS) is 10.6. The fraction of sp³-hybridized carbons (Fsp3) is 0.667. The van der Waals surface area contributed by atoms with E-state index in [-0.39, 0.29) is 0 Å². The molecule has 0 radical (unpaired) electrons. The van der Waals surface area contributed by atoms with Gasteiger partial charge in [0.1, 0.15) is 17.5 Å². The van der Waals surface area contributed by atoms with Crippen LogP contribution in [0.3, 0.4) is 0 Å². The number of hydrogen-bond acceptors (Lipinski definition) is 5. The molecule has 0 saturated heterocycles. The molecule has 1 aromatic heterocycles. The van der Waals surface area contributed by atoms with E-state index in [1.807, 2.05) is 20.0 Å². The van der Waals surface area contributed by atoms with Crippen molar-refractivity contribution in [2.24, 2.45) is 0 Å². The van der Waals surface area contributed by atoms with Crippen LogP contribution in [0, 0.1) is 0 Å². The third-order valence-corrected chi connectivity index (χ3v) is 2.27. The minimum absolute atomic E-state index is 0.316. The third-order valence-electron chi connectivity index (χ3n) is 2.27. The van der Waals surface area contributed by atoms with Gasteiger partial charge >= 0.3 is 0 Å². The lowest BCUT2D eigenvalue weighted by molar-refractivity contribution is 0.158. The number of ether oxygens (including phenoxy) is 1. The van der Waals surface area contributed by atoms with E-state index in [1.54, 1.807) is 0 Å². The van der Waals surface area contributed by atoms with Crippen LogP contribution >= 0.6 is 0 Å². The summed E-state index contributed by atoms with van der Waals surface area (Å²) >= 11 is 0. The molecule has 5 nitrogen and oxygen atoms in total. The van der Waals surface area contributed by atoms with Crippen LogP contribution in [-0.2, 0) is 4.74 Å². The Morgan fingerprint density at radius 1 is 1.29 bits per heavy atom. The summed E-state index contributed by atoms with van der Waals surface area (Å²) in [6.45, 7) is 8.33.